The molecule has 1 aliphatic rings. The molecule has 0 aromatic carbocycles. The minimum Gasteiger partial charge on any atom is -0.481 e. The monoisotopic (exact) mass is 198 g/mol. The Hall–Kier alpha value is -0.530. The number of aliphatic carboxylic acids is 1. The second-order valence-corrected chi connectivity index (χ2v) is 6.22. The van der Waals surface area contributed by atoms with Crippen molar-refractivity contribution >= 4 is 5.97 Å². The zero-order valence-corrected chi connectivity index (χ0v) is 9.98. The average Bonchev–Trinajstić information content (AvgIpc) is 2.55. The van der Waals surface area contributed by atoms with Crippen LogP contribution in [0.25, 0.3) is 0 Å². The molecule has 1 fully saturated rings. The van der Waals surface area contributed by atoms with Gasteiger partial charge >= 0.3 is 5.97 Å². The summed E-state index contributed by atoms with van der Waals surface area (Å²) in [6.07, 6.45) is 2.61. The molecule has 0 aliphatic heterocycles. The van der Waals surface area contributed by atoms with Crippen LogP contribution in [0.15, 0.2) is 0 Å². The molecule has 2 heteroatoms. The van der Waals surface area contributed by atoms with E-state index in [1.807, 2.05) is 0 Å². The topological polar surface area (TPSA) is 37.3 Å². The molecule has 2 unspecified atom stereocenters. The first-order valence-corrected chi connectivity index (χ1v) is 5.40. The van der Waals surface area contributed by atoms with Gasteiger partial charge in [-0.1, -0.05) is 34.6 Å². The molecule has 1 rings (SSSR count). The minimum atomic E-state index is -0.600. The Kier molecular flexibility index (Phi) is 2.46. The molecule has 0 heterocycles. The van der Waals surface area contributed by atoms with E-state index in [9.17, 15) is 9.90 Å². The Balaban J connectivity index is 2.85. The third kappa shape index (κ3) is 1.67. The molecule has 0 bridgehead atoms. The summed E-state index contributed by atoms with van der Waals surface area (Å²) < 4.78 is 0. The Morgan fingerprint density at radius 1 is 1.43 bits per heavy atom. The van der Waals surface area contributed by atoms with Crippen molar-refractivity contribution in [1.29, 1.82) is 0 Å². The van der Waals surface area contributed by atoms with Crippen molar-refractivity contribution < 1.29 is 9.90 Å². The van der Waals surface area contributed by atoms with Crippen LogP contribution in [-0.4, -0.2) is 11.1 Å². The van der Waals surface area contributed by atoms with Gasteiger partial charge in [-0.15, -0.1) is 0 Å². The van der Waals surface area contributed by atoms with E-state index in [4.69, 9.17) is 0 Å². The van der Waals surface area contributed by atoms with Crippen LogP contribution in [0.2, 0.25) is 0 Å². The predicted octanol–water partition coefficient (Wildman–Crippen LogP) is 3.31. The molecule has 0 spiro atoms. The van der Waals surface area contributed by atoms with Crippen molar-refractivity contribution in [3.05, 3.63) is 0 Å². The lowest BCUT2D eigenvalue weighted by atomic mass is 9.78. The van der Waals surface area contributed by atoms with Gasteiger partial charge in [0, 0.05) is 0 Å². The molecule has 1 N–H and O–H groups in total. The van der Waals surface area contributed by atoms with Crippen molar-refractivity contribution in [3.8, 4) is 0 Å². The van der Waals surface area contributed by atoms with E-state index in [0.717, 1.165) is 19.3 Å². The molecular weight excluding hydrogens is 176 g/mol. The predicted molar refractivity (Wildman–Crippen MR) is 57.2 cm³/mol. The number of carbonyl (C=O) groups is 1. The number of carboxylic acids is 1. The third-order valence-electron chi connectivity index (χ3n) is 3.74. The van der Waals surface area contributed by atoms with Gasteiger partial charge in [-0.25, -0.2) is 0 Å². The van der Waals surface area contributed by atoms with Crippen LogP contribution in [0.1, 0.15) is 53.9 Å². The Morgan fingerprint density at radius 2 is 1.93 bits per heavy atom. The first-order chi connectivity index (χ1) is 6.17. The molecule has 0 aromatic heterocycles. The minimum absolute atomic E-state index is 0.0338. The van der Waals surface area contributed by atoms with E-state index < -0.39 is 11.4 Å². The highest BCUT2D eigenvalue weighted by molar-refractivity contribution is 5.80. The summed E-state index contributed by atoms with van der Waals surface area (Å²) in [7, 11) is 0. The molecule has 0 amide bonds. The van der Waals surface area contributed by atoms with Crippen molar-refractivity contribution in [1.82, 2.24) is 0 Å². The zero-order valence-electron chi connectivity index (χ0n) is 9.98. The summed E-state index contributed by atoms with van der Waals surface area (Å²) in [5.74, 6) is -0.600. The summed E-state index contributed by atoms with van der Waals surface area (Å²) in [6.45, 7) is 10.5. The van der Waals surface area contributed by atoms with Crippen molar-refractivity contribution in [3.63, 3.8) is 0 Å². The molecule has 1 aliphatic carbocycles. The van der Waals surface area contributed by atoms with E-state index in [0.29, 0.717) is 0 Å². The molecule has 0 radical (unpaired) electrons. The van der Waals surface area contributed by atoms with Crippen molar-refractivity contribution in [2.45, 2.75) is 53.9 Å². The lowest BCUT2D eigenvalue weighted by Gasteiger charge is -2.26. The normalized spacial score (nSPS) is 36.9. The molecule has 2 atom stereocenters. The SMILES string of the molecule is CCC1(C)CC1(CC(C)(C)C)C(=O)O. The van der Waals surface area contributed by atoms with E-state index in [-0.39, 0.29) is 10.8 Å². The van der Waals surface area contributed by atoms with E-state index in [2.05, 4.69) is 34.6 Å². The van der Waals surface area contributed by atoms with Crippen LogP contribution in [0.5, 0.6) is 0 Å². The van der Waals surface area contributed by atoms with Gasteiger partial charge in [-0.3, -0.25) is 4.79 Å². The molecule has 14 heavy (non-hydrogen) atoms. The van der Waals surface area contributed by atoms with E-state index in [1.165, 1.54) is 0 Å². The molecule has 1 saturated carbocycles. The molecule has 0 aromatic rings. The number of hydrogen-bond acceptors (Lipinski definition) is 1. The smallest absolute Gasteiger partial charge is 0.310 e. The summed E-state index contributed by atoms with van der Waals surface area (Å²) in [5, 5.41) is 9.33. The van der Waals surface area contributed by atoms with Crippen LogP contribution in [0.3, 0.4) is 0 Å². The first kappa shape index (κ1) is 11.5. The highest BCUT2D eigenvalue weighted by Crippen LogP contribution is 2.69. The van der Waals surface area contributed by atoms with E-state index >= 15 is 0 Å². The van der Waals surface area contributed by atoms with E-state index in [1.54, 1.807) is 0 Å². The van der Waals surface area contributed by atoms with Gasteiger partial charge in [0.1, 0.15) is 0 Å². The van der Waals surface area contributed by atoms with Crippen LogP contribution >= 0.6 is 0 Å². The van der Waals surface area contributed by atoms with Crippen LogP contribution in [0, 0.1) is 16.2 Å². The standard InChI is InChI=1S/C12H22O2/c1-6-11(5)8-12(11,9(13)14)7-10(2,3)4/h6-8H2,1-5H3,(H,13,14). The van der Waals surface area contributed by atoms with Gasteiger partial charge in [-0.2, -0.15) is 0 Å². The molecule has 2 nitrogen and oxygen atoms in total. The Labute approximate surface area is 86.7 Å². The van der Waals surface area contributed by atoms with Gasteiger partial charge in [-0.05, 0) is 30.1 Å². The lowest BCUT2D eigenvalue weighted by Crippen LogP contribution is -2.27. The second-order valence-electron chi connectivity index (χ2n) is 6.22. The fourth-order valence-electron chi connectivity index (χ4n) is 2.68. The Morgan fingerprint density at radius 3 is 2.14 bits per heavy atom. The van der Waals surface area contributed by atoms with Gasteiger partial charge in [0.25, 0.3) is 0 Å². The van der Waals surface area contributed by atoms with Gasteiger partial charge in [0.15, 0.2) is 0 Å². The van der Waals surface area contributed by atoms with Gasteiger partial charge in [0.2, 0.25) is 0 Å². The maximum atomic E-state index is 11.3. The summed E-state index contributed by atoms with van der Waals surface area (Å²) in [4.78, 5) is 11.3. The van der Waals surface area contributed by atoms with Crippen molar-refractivity contribution in [2.75, 3.05) is 0 Å². The zero-order chi connectivity index (χ0) is 11.2. The fraction of sp³-hybridized carbons (Fsp3) is 0.917. The number of rotatable bonds is 3. The molecular formula is C12H22O2. The number of hydrogen-bond donors (Lipinski definition) is 1. The maximum Gasteiger partial charge on any atom is 0.310 e. The quantitative estimate of drug-likeness (QED) is 0.755. The number of carboxylic acid groups (broad SMARTS) is 1. The maximum absolute atomic E-state index is 11.3. The highest BCUT2D eigenvalue weighted by atomic mass is 16.4. The fourth-order valence-corrected chi connectivity index (χ4v) is 2.68. The average molecular weight is 198 g/mol. The van der Waals surface area contributed by atoms with Crippen molar-refractivity contribution in [2.24, 2.45) is 16.2 Å². The van der Waals surface area contributed by atoms with Crippen LogP contribution < -0.4 is 0 Å². The highest BCUT2D eigenvalue weighted by Gasteiger charge is 2.68. The van der Waals surface area contributed by atoms with Gasteiger partial charge < -0.3 is 5.11 Å². The second kappa shape index (κ2) is 2.98. The van der Waals surface area contributed by atoms with Crippen LogP contribution in [0.4, 0.5) is 0 Å². The van der Waals surface area contributed by atoms with Crippen LogP contribution in [-0.2, 0) is 4.79 Å². The molecule has 0 saturated heterocycles. The largest absolute Gasteiger partial charge is 0.481 e. The summed E-state index contributed by atoms with van der Waals surface area (Å²) in [6, 6.07) is 0. The van der Waals surface area contributed by atoms with Gasteiger partial charge in [0.05, 0.1) is 5.41 Å². The lowest BCUT2D eigenvalue weighted by molar-refractivity contribution is -0.146. The first-order valence-electron chi connectivity index (χ1n) is 5.40. The molecule has 82 valence electrons. The summed E-state index contributed by atoms with van der Waals surface area (Å²) in [5.41, 5.74) is -0.308. The third-order valence-corrected chi connectivity index (χ3v) is 3.74. The summed E-state index contributed by atoms with van der Waals surface area (Å²) >= 11 is 0. The Bertz CT molecular complexity index is 252.